The number of carbonyl (C=O) groups excluding carboxylic acids is 1. The molecular weight excluding hydrogens is 218 g/mol. The highest BCUT2D eigenvalue weighted by Gasteiger charge is 2.10. The molecule has 0 amide bonds. The van der Waals surface area contributed by atoms with Gasteiger partial charge >= 0.3 is 5.97 Å². The number of benzene rings is 2. The highest BCUT2D eigenvalue weighted by Crippen LogP contribution is 2.21. The number of rotatable bonds is 2. The summed E-state index contributed by atoms with van der Waals surface area (Å²) in [5, 5.41) is 9.38. The molecular formula is C13H11NO3. The third-order valence-corrected chi connectivity index (χ3v) is 2.22. The molecule has 0 fully saturated rings. The molecule has 0 aromatic heterocycles. The van der Waals surface area contributed by atoms with E-state index in [2.05, 4.69) is 0 Å². The molecule has 0 saturated heterocycles. The Bertz CT molecular complexity index is 538. The molecule has 17 heavy (non-hydrogen) atoms. The molecule has 3 N–H and O–H groups in total. The van der Waals surface area contributed by atoms with E-state index < -0.39 is 5.97 Å². The maximum absolute atomic E-state index is 11.7. The first-order chi connectivity index (χ1) is 8.16. The van der Waals surface area contributed by atoms with Crippen molar-refractivity contribution in [3.63, 3.8) is 0 Å². The van der Waals surface area contributed by atoms with Gasteiger partial charge in [0.2, 0.25) is 0 Å². The second-order valence-electron chi connectivity index (χ2n) is 3.48. The van der Waals surface area contributed by atoms with Crippen LogP contribution in [0.1, 0.15) is 10.4 Å². The second-order valence-corrected chi connectivity index (χ2v) is 3.48. The molecule has 2 aromatic carbocycles. The van der Waals surface area contributed by atoms with E-state index in [0.29, 0.717) is 5.75 Å². The molecule has 0 aliphatic carbocycles. The zero-order valence-corrected chi connectivity index (χ0v) is 8.96. The molecule has 0 unspecified atom stereocenters. The number of para-hydroxylation sites is 1. The number of nitrogen functional groups attached to an aromatic ring is 1. The van der Waals surface area contributed by atoms with Gasteiger partial charge in [-0.2, -0.15) is 0 Å². The smallest absolute Gasteiger partial charge is 0.343 e. The number of phenols is 1. The Labute approximate surface area is 98.3 Å². The van der Waals surface area contributed by atoms with Crippen molar-refractivity contribution in [3.8, 4) is 11.5 Å². The fourth-order valence-electron chi connectivity index (χ4n) is 1.33. The number of nitrogens with two attached hydrogens (primary N) is 1. The number of ether oxygens (including phenoxy) is 1. The molecule has 0 saturated carbocycles. The number of phenolic OH excluding ortho intramolecular Hbond substituents is 1. The van der Waals surface area contributed by atoms with Gasteiger partial charge in [-0.1, -0.05) is 18.2 Å². The molecule has 2 aromatic rings. The van der Waals surface area contributed by atoms with Crippen LogP contribution in [0, 0.1) is 0 Å². The molecule has 4 nitrogen and oxygen atoms in total. The Morgan fingerprint density at radius 2 is 1.82 bits per heavy atom. The van der Waals surface area contributed by atoms with Crippen LogP contribution in [0.2, 0.25) is 0 Å². The van der Waals surface area contributed by atoms with E-state index in [-0.39, 0.29) is 17.0 Å². The Morgan fingerprint density at radius 3 is 2.47 bits per heavy atom. The number of anilines is 1. The van der Waals surface area contributed by atoms with Crippen LogP contribution in [-0.2, 0) is 0 Å². The molecule has 0 bridgehead atoms. The molecule has 4 heteroatoms. The Hall–Kier alpha value is -2.49. The highest BCUT2D eigenvalue weighted by molar-refractivity contribution is 5.92. The van der Waals surface area contributed by atoms with E-state index >= 15 is 0 Å². The van der Waals surface area contributed by atoms with Gasteiger partial charge in [-0.15, -0.1) is 0 Å². The monoisotopic (exact) mass is 229 g/mol. The van der Waals surface area contributed by atoms with Crippen molar-refractivity contribution in [2.24, 2.45) is 0 Å². The first kappa shape index (κ1) is 11.0. The number of aromatic hydroxyl groups is 1. The van der Waals surface area contributed by atoms with Crippen LogP contribution >= 0.6 is 0 Å². The Balaban J connectivity index is 2.18. The molecule has 0 atom stereocenters. The summed E-state index contributed by atoms with van der Waals surface area (Å²) in [5.74, 6) is -0.215. The lowest BCUT2D eigenvalue weighted by molar-refractivity contribution is 0.0734. The molecule has 0 radical (unpaired) electrons. The van der Waals surface area contributed by atoms with Crippen LogP contribution in [0.3, 0.4) is 0 Å². The number of hydrogen-bond acceptors (Lipinski definition) is 4. The van der Waals surface area contributed by atoms with Crippen molar-refractivity contribution in [1.29, 1.82) is 0 Å². The van der Waals surface area contributed by atoms with Gasteiger partial charge in [-0.3, -0.25) is 0 Å². The summed E-state index contributed by atoms with van der Waals surface area (Å²) in [6.45, 7) is 0. The molecule has 86 valence electrons. The van der Waals surface area contributed by atoms with Crippen molar-refractivity contribution in [1.82, 2.24) is 0 Å². The first-order valence-corrected chi connectivity index (χ1v) is 5.02. The van der Waals surface area contributed by atoms with Crippen LogP contribution in [0.4, 0.5) is 5.69 Å². The van der Waals surface area contributed by atoms with Gasteiger partial charge in [0.25, 0.3) is 0 Å². The van der Waals surface area contributed by atoms with E-state index in [1.807, 2.05) is 6.07 Å². The van der Waals surface area contributed by atoms with Crippen LogP contribution in [0.25, 0.3) is 0 Å². The molecule has 2 rings (SSSR count). The minimum atomic E-state index is -0.536. The number of esters is 1. The van der Waals surface area contributed by atoms with Gasteiger partial charge in [-0.25, -0.2) is 4.79 Å². The maximum atomic E-state index is 11.7. The Kier molecular flexibility index (Phi) is 2.96. The van der Waals surface area contributed by atoms with Gasteiger partial charge in [0.05, 0.1) is 11.3 Å². The summed E-state index contributed by atoms with van der Waals surface area (Å²) in [6.07, 6.45) is 0. The normalized spacial score (nSPS) is 9.88. The fraction of sp³-hybridized carbons (Fsp3) is 0. The number of hydrogen-bond donors (Lipinski definition) is 2. The summed E-state index contributed by atoms with van der Waals surface area (Å²) in [4.78, 5) is 11.7. The Morgan fingerprint density at radius 1 is 1.12 bits per heavy atom. The lowest BCUT2D eigenvalue weighted by Crippen LogP contribution is -2.08. The maximum Gasteiger partial charge on any atom is 0.343 e. The average Bonchev–Trinajstić information content (AvgIpc) is 2.34. The van der Waals surface area contributed by atoms with Crippen molar-refractivity contribution in [2.75, 3.05) is 5.73 Å². The zero-order valence-electron chi connectivity index (χ0n) is 8.96. The third-order valence-electron chi connectivity index (χ3n) is 2.22. The van der Waals surface area contributed by atoms with E-state index in [1.54, 1.807) is 24.3 Å². The SMILES string of the molecule is Nc1ccc(C(=O)Oc2ccccc2)cc1O. The summed E-state index contributed by atoms with van der Waals surface area (Å²) < 4.78 is 5.10. The van der Waals surface area contributed by atoms with Gasteiger partial charge in [0, 0.05) is 0 Å². The third kappa shape index (κ3) is 2.55. The van der Waals surface area contributed by atoms with E-state index in [1.165, 1.54) is 18.2 Å². The van der Waals surface area contributed by atoms with Gasteiger partial charge < -0.3 is 15.6 Å². The van der Waals surface area contributed by atoms with Crippen LogP contribution < -0.4 is 10.5 Å². The van der Waals surface area contributed by atoms with E-state index in [9.17, 15) is 9.90 Å². The molecule has 0 spiro atoms. The van der Waals surface area contributed by atoms with Crippen LogP contribution in [-0.4, -0.2) is 11.1 Å². The van der Waals surface area contributed by atoms with Crippen LogP contribution in [0.5, 0.6) is 11.5 Å². The standard InChI is InChI=1S/C13H11NO3/c14-11-7-6-9(8-12(11)15)13(16)17-10-4-2-1-3-5-10/h1-8,15H,14H2. The summed E-state index contributed by atoms with van der Waals surface area (Å²) in [5.41, 5.74) is 5.91. The predicted octanol–water partition coefficient (Wildman–Crippen LogP) is 2.19. The highest BCUT2D eigenvalue weighted by atomic mass is 16.5. The quantitative estimate of drug-likeness (QED) is 0.358. The first-order valence-electron chi connectivity index (χ1n) is 5.02. The lowest BCUT2D eigenvalue weighted by atomic mass is 10.2. The fourth-order valence-corrected chi connectivity index (χ4v) is 1.33. The minimum Gasteiger partial charge on any atom is -0.506 e. The predicted molar refractivity (Wildman–Crippen MR) is 63.9 cm³/mol. The summed E-state index contributed by atoms with van der Waals surface area (Å²) in [6, 6.07) is 12.9. The van der Waals surface area contributed by atoms with Gasteiger partial charge in [0.1, 0.15) is 11.5 Å². The molecule has 0 heterocycles. The summed E-state index contributed by atoms with van der Waals surface area (Å²) >= 11 is 0. The van der Waals surface area contributed by atoms with E-state index in [0.717, 1.165) is 0 Å². The topological polar surface area (TPSA) is 72.6 Å². The van der Waals surface area contributed by atoms with Crippen molar-refractivity contribution < 1.29 is 14.6 Å². The summed E-state index contributed by atoms with van der Waals surface area (Å²) in [7, 11) is 0. The van der Waals surface area contributed by atoms with Crippen LogP contribution in [0.15, 0.2) is 48.5 Å². The van der Waals surface area contributed by atoms with Gasteiger partial charge in [-0.05, 0) is 30.3 Å². The van der Waals surface area contributed by atoms with Gasteiger partial charge in [0.15, 0.2) is 0 Å². The number of carbonyl (C=O) groups is 1. The van der Waals surface area contributed by atoms with E-state index in [4.69, 9.17) is 10.5 Å². The van der Waals surface area contributed by atoms with Crippen molar-refractivity contribution in [2.45, 2.75) is 0 Å². The largest absolute Gasteiger partial charge is 0.506 e. The molecule has 0 aliphatic heterocycles. The second kappa shape index (κ2) is 4.57. The molecule has 0 aliphatic rings. The average molecular weight is 229 g/mol. The van der Waals surface area contributed by atoms with Crippen molar-refractivity contribution >= 4 is 11.7 Å². The van der Waals surface area contributed by atoms with Crippen molar-refractivity contribution in [3.05, 3.63) is 54.1 Å². The lowest BCUT2D eigenvalue weighted by Gasteiger charge is -2.05. The minimum absolute atomic E-state index is 0.132. The zero-order chi connectivity index (χ0) is 12.3.